The molecule has 0 saturated carbocycles. The fourth-order valence-electron chi connectivity index (χ4n) is 4.21. The monoisotopic (exact) mass is 425 g/mol. The zero-order valence-corrected chi connectivity index (χ0v) is 17.9. The van der Waals surface area contributed by atoms with Crippen molar-refractivity contribution in [1.29, 1.82) is 0 Å². The maximum absolute atomic E-state index is 6.46. The quantitative estimate of drug-likeness (QED) is 0.271. The highest BCUT2D eigenvalue weighted by atomic mass is 16.5. The van der Waals surface area contributed by atoms with Crippen LogP contribution in [0.3, 0.4) is 0 Å². The molecule has 5 aromatic rings. The molecule has 0 fully saturated rings. The molecule has 0 N–H and O–H groups in total. The van der Waals surface area contributed by atoms with Gasteiger partial charge in [0.1, 0.15) is 11.5 Å². The number of benzene rings is 4. The number of hydrogen-bond acceptors (Lipinski definition) is 1. The molecule has 2 heterocycles. The first-order valence-corrected chi connectivity index (χ1v) is 11.0. The van der Waals surface area contributed by atoms with Gasteiger partial charge in [0.05, 0.1) is 17.0 Å². The van der Waals surface area contributed by atoms with Gasteiger partial charge in [-0.2, -0.15) is 0 Å². The molecule has 0 saturated heterocycles. The van der Waals surface area contributed by atoms with E-state index in [2.05, 4.69) is 66.7 Å². The largest absolute Gasteiger partial charge is 0.456 e. The number of rotatable bonds is 3. The van der Waals surface area contributed by atoms with E-state index in [1.54, 1.807) is 0 Å². The van der Waals surface area contributed by atoms with E-state index >= 15 is 0 Å². The van der Waals surface area contributed by atoms with Crippen LogP contribution in [0.5, 0.6) is 5.75 Å². The summed E-state index contributed by atoms with van der Waals surface area (Å²) in [6.07, 6.45) is 4.33. The van der Waals surface area contributed by atoms with Crippen LogP contribution in [0.25, 0.3) is 40.0 Å². The third-order valence-electron chi connectivity index (χ3n) is 5.84. The first-order valence-electron chi connectivity index (χ1n) is 11.0. The van der Waals surface area contributed by atoms with E-state index in [1.807, 2.05) is 60.7 Å². The van der Waals surface area contributed by atoms with Crippen LogP contribution < -0.4 is 4.74 Å². The van der Waals surface area contributed by atoms with Gasteiger partial charge in [0, 0.05) is 22.8 Å². The van der Waals surface area contributed by atoms with Gasteiger partial charge in [-0.15, -0.1) is 0 Å². The Morgan fingerprint density at radius 3 is 2.12 bits per heavy atom. The molecule has 6 rings (SSSR count). The summed E-state index contributed by atoms with van der Waals surface area (Å²) >= 11 is 0. The van der Waals surface area contributed by atoms with E-state index in [0.717, 1.165) is 56.1 Å². The summed E-state index contributed by atoms with van der Waals surface area (Å²) in [6, 6.07) is 38.9. The van der Waals surface area contributed by atoms with Crippen molar-refractivity contribution in [1.82, 2.24) is 0 Å². The van der Waals surface area contributed by atoms with Crippen molar-refractivity contribution < 1.29 is 9.15 Å². The van der Waals surface area contributed by atoms with Gasteiger partial charge < -0.3 is 4.74 Å². The Hall–Kier alpha value is -4.43. The molecular weight excluding hydrogens is 404 g/mol. The van der Waals surface area contributed by atoms with Crippen LogP contribution in [0.1, 0.15) is 16.7 Å². The second-order valence-electron chi connectivity index (χ2n) is 8.00. The number of hydrogen-bond donors (Lipinski definition) is 0. The first-order chi connectivity index (χ1) is 16.3. The first kappa shape index (κ1) is 19.3. The average Bonchev–Trinajstić information content (AvgIpc) is 2.89. The maximum Gasteiger partial charge on any atom is 0.361 e. The zero-order chi connectivity index (χ0) is 22.0. The molecule has 0 unspecified atom stereocenters. The van der Waals surface area contributed by atoms with Crippen LogP contribution >= 0.6 is 0 Å². The summed E-state index contributed by atoms with van der Waals surface area (Å²) in [5, 5.41) is 1.04. The fraction of sp³-hybridized carbons (Fsp3) is 0. The second-order valence-corrected chi connectivity index (χ2v) is 8.00. The van der Waals surface area contributed by atoms with Crippen molar-refractivity contribution in [2.45, 2.75) is 0 Å². The van der Waals surface area contributed by atoms with E-state index < -0.39 is 0 Å². The number of ether oxygens (including phenoxy) is 1. The lowest BCUT2D eigenvalue weighted by Gasteiger charge is -2.21. The fourth-order valence-corrected chi connectivity index (χ4v) is 4.21. The average molecular weight is 426 g/mol. The van der Waals surface area contributed by atoms with Crippen LogP contribution in [0.2, 0.25) is 0 Å². The third-order valence-corrected chi connectivity index (χ3v) is 5.84. The molecule has 33 heavy (non-hydrogen) atoms. The number of fused-ring (bicyclic) bond motifs is 2. The lowest BCUT2D eigenvalue weighted by atomic mass is 9.96. The predicted octanol–water partition coefficient (Wildman–Crippen LogP) is 8.36. The minimum Gasteiger partial charge on any atom is -0.456 e. The summed E-state index contributed by atoms with van der Waals surface area (Å²) < 4.78 is 12.7. The highest BCUT2D eigenvalue weighted by Gasteiger charge is 2.22. The summed E-state index contributed by atoms with van der Waals surface area (Å²) in [6.45, 7) is 0. The van der Waals surface area contributed by atoms with Crippen molar-refractivity contribution in [3.8, 4) is 17.1 Å². The van der Waals surface area contributed by atoms with E-state index in [0.29, 0.717) is 0 Å². The molecule has 1 aromatic heterocycles. The van der Waals surface area contributed by atoms with E-state index in [1.165, 1.54) is 0 Å². The minimum absolute atomic E-state index is 0.815. The highest BCUT2D eigenvalue weighted by Crippen LogP contribution is 2.38. The predicted molar refractivity (Wildman–Crippen MR) is 135 cm³/mol. The van der Waals surface area contributed by atoms with Gasteiger partial charge in [-0.1, -0.05) is 78.9 Å². The Morgan fingerprint density at radius 2 is 1.30 bits per heavy atom. The topological polar surface area (TPSA) is 20.5 Å². The van der Waals surface area contributed by atoms with Crippen molar-refractivity contribution >= 4 is 28.7 Å². The van der Waals surface area contributed by atoms with Crippen molar-refractivity contribution in [2.24, 2.45) is 0 Å². The zero-order valence-electron chi connectivity index (χ0n) is 17.9. The van der Waals surface area contributed by atoms with Crippen LogP contribution in [0, 0.1) is 0 Å². The van der Waals surface area contributed by atoms with Gasteiger partial charge in [-0.25, -0.2) is 4.42 Å². The SMILES string of the molecule is C(=C1Oc2ccccc2C=C1c1ccccc1)c1cc(-c2ccccc2)[o+]c2ccccc12. The van der Waals surface area contributed by atoms with E-state index in [9.17, 15) is 0 Å². The lowest BCUT2D eigenvalue weighted by molar-refractivity contribution is 0.449. The van der Waals surface area contributed by atoms with E-state index in [4.69, 9.17) is 9.15 Å². The number of allylic oxidation sites excluding steroid dienone is 1. The van der Waals surface area contributed by atoms with Crippen LogP contribution in [-0.2, 0) is 0 Å². The molecule has 0 aliphatic carbocycles. The van der Waals surface area contributed by atoms with E-state index in [-0.39, 0.29) is 0 Å². The minimum atomic E-state index is 0.815. The van der Waals surface area contributed by atoms with Crippen molar-refractivity contribution in [3.05, 3.63) is 138 Å². The van der Waals surface area contributed by atoms with Gasteiger partial charge in [0.25, 0.3) is 0 Å². The molecule has 0 bridgehead atoms. The molecule has 4 aromatic carbocycles. The molecule has 1 aliphatic rings. The van der Waals surface area contributed by atoms with Gasteiger partial charge in [0.2, 0.25) is 0 Å². The molecule has 2 nitrogen and oxygen atoms in total. The summed E-state index contributed by atoms with van der Waals surface area (Å²) in [5.74, 6) is 2.49. The Kier molecular flexibility index (Phi) is 4.82. The molecule has 1 aliphatic heterocycles. The Morgan fingerprint density at radius 1 is 0.636 bits per heavy atom. The Balaban J connectivity index is 1.57. The molecule has 0 atom stereocenters. The number of para-hydroxylation sites is 2. The van der Waals surface area contributed by atoms with Crippen molar-refractivity contribution in [3.63, 3.8) is 0 Å². The van der Waals surface area contributed by atoms with Crippen LogP contribution in [-0.4, -0.2) is 0 Å². The molecule has 0 radical (unpaired) electrons. The molecule has 0 amide bonds. The smallest absolute Gasteiger partial charge is 0.361 e. The normalized spacial score (nSPS) is 13.9. The van der Waals surface area contributed by atoms with Gasteiger partial charge in [-0.3, -0.25) is 0 Å². The van der Waals surface area contributed by atoms with Gasteiger partial charge in [-0.05, 0) is 42.0 Å². The maximum atomic E-state index is 6.46. The standard InChI is InChI=1S/C31H21O2/c1-3-11-22(12-4-1)27-19-24-15-7-9-17-28(24)32-31(27)21-25-20-30(23-13-5-2-6-14-23)33-29-18-10-8-16-26(25)29/h1-21H/q+1. The second kappa shape index (κ2) is 8.25. The van der Waals surface area contributed by atoms with Gasteiger partial charge >= 0.3 is 11.3 Å². The molecule has 0 spiro atoms. The highest BCUT2D eigenvalue weighted by molar-refractivity contribution is 5.98. The molecular formula is C31H21O2+. The lowest BCUT2D eigenvalue weighted by Crippen LogP contribution is -2.05. The summed E-state index contributed by atoms with van der Waals surface area (Å²) in [4.78, 5) is 0. The molecule has 2 heteroatoms. The Labute approximate surface area is 192 Å². The van der Waals surface area contributed by atoms with Gasteiger partial charge in [0.15, 0.2) is 0 Å². The van der Waals surface area contributed by atoms with Crippen LogP contribution in [0.15, 0.2) is 125 Å². The molecule has 156 valence electrons. The van der Waals surface area contributed by atoms with Crippen LogP contribution in [0.4, 0.5) is 0 Å². The third kappa shape index (κ3) is 3.72. The van der Waals surface area contributed by atoms with Crippen molar-refractivity contribution in [2.75, 3.05) is 0 Å². The Bertz CT molecular complexity index is 1510. The summed E-state index contributed by atoms with van der Waals surface area (Å²) in [7, 11) is 0. The summed E-state index contributed by atoms with van der Waals surface area (Å²) in [5.41, 5.74) is 6.17.